The fourth-order valence-corrected chi connectivity index (χ4v) is 2.16. The molecule has 1 amide bonds. The predicted octanol–water partition coefficient (Wildman–Crippen LogP) is 2.67. The molecule has 2 atom stereocenters. The topological polar surface area (TPSA) is 49.8 Å². The van der Waals surface area contributed by atoms with Crippen LogP contribution in [0.15, 0.2) is 12.7 Å². The van der Waals surface area contributed by atoms with Crippen molar-refractivity contribution in [2.24, 2.45) is 0 Å². The Morgan fingerprint density at radius 2 is 2.24 bits per heavy atom. The molecule has 1 saturated heterocycles. The molecule has 1 rings (SSSR count). The normalized spacial score (nSPS) is 28.3. The Morgan fingerprint density at radius 3 is 2.82 bits per heavy atom. The average molecular weight is 241 g/mol. The van der Waals surface area contributed by atoms with Gasteiger partial charge in [0.2, 0.25) is 0 Å². The second kappa shape index (κ2) is 6.05. The van der Waals surface area contributed by atoms with Gasteiger partial charge in [-0.3, -0.25) is 4.90 Å². The largest absolute Gasteiger partial charge is 0.441 e. The zero-order valence-electron chi connectivity index (χ0n) is 10.8. The highest BCUT2D eigenvalue weighted by atomic mass is 16.6. The zero-order chi connectivity index (χ0) is 12.9. The maximum absolute atomic E-state index is 11.6. The summed E-state index contributed by atoms with van der Waals surface area (Å²) in [6.07, 6.45) is 5.31. The molecule has 1 N–H and O–H groups in total. The number of rotatable bonds is 7. The lowest BCUT2D eigenvalue weighted by atomic mass is 10.0. The third-order valence-corrected chi connectivity index (χ3v) is 3.30. The summed E-state index contributed by atoms with van der Waals surface area (Å²) in [6, 6.07) is 0. The van der Waals surface area contributed by atoms with Crippen LogP contribution >= 0.6 is 0 Å². The van der Waals surface area contributed by atoms with Crippen LogP contribution in [0.1, 0.15) is 46.0 Å². The van der Waals surface area contributed by atoms with E-state index in [1.807, 2.05) is 0 Å². The van der Waals surface area contributed by atoms with E-state index in [0.717, 1.165) is 25.7 Å². The summed E-state index contributed by atoms with van der Waals surface area (Å²) in [6.45, 7) is 8.02. The van der Waals surface area contributed by atoms with Crippen LogP contribution in [-0.2, 0) is 4.74 Å². The molecular formula is C13H23NO3. The van der Waals surface area contributed by atoms with Crippen molar-refractivity contribution < 1.29 is 14.6 Å². The lowest BCUT2D eigenvalue weighted by Crippen LogP contribution is -2.50. The molecule has 0 aromatic heterocycles. The van der Waals surface area contributed by atoms with Gasteiger partial charge in [-0.05, 0) is 13.3 Å². The Hall–Kier alpha value is -1.03. The van der Waals surface area contributed by atoms with Gasteiger partial charge >= 0.3 is 6.09 Å². The van der Waals surface area contributed by atoms with Crippen molar-refractivity contribution in [3.05, 3.63) is 12.7 Å². The van der Waals surface area contributed by atoms with Gasteiger partial charge in [0.1, 0.15) is 6.10 Å². The second-order valence-electron chi connectivity index (χ2n) is 4.61. The Morgan fingerprint density at radius 1 is 1.53 bits per heavy atom. The van der Waals surface area contributed by atoms with Crippen LogP contribution in [0.5, 0.6) is 0 Å². The quantitative estimate of drug-likeness (QED) is 0.550. The molecule has 0 bridgehead atoms. The molecule has 17 heavy (non-hydrogen) atoms. The van der Waals surface area contributed by atoms with Crippen molar-refractivity contribution in [3.63, 3.8) is 0 Å². The number of carbonyl (C=O) groups excluding carboxylic acids is 1. The van der Waals surface area contributed by atoms with Crippen LogP contribution in [0.2, 0.25) is 0 Å². The van der Waals surface area contributed by atoms with Gasteiger partial charge in [-0.1, -0.05) is 32.3 Å². The van der Waals surface area contributed by atoms with Crippen molar-refractivity contribution >= 4 is 6.09 Å². The molecule has 1 aliphatic heterocycles. The molecule has 1 heterocycles. The van der Waals surface area contributed by atoms with Gasteiger partial charge in [0.15, 0.2) is 5.72 Å². The minimum absolute atomic E-state index is 0.341. The number of nitrogens with zero attached hydrogens (tertiary/aromatic N) is 1. The monoisotopic (exact) mass is 241 g/mol. The molecule has 0 aromatic rings. The van der Waals surface area contributed by atoms with Gasteiger partial charge in [-0.2, -0.15) is 0 Å². The lowest BCUT2D eigenvalue weighted by molar-refractivity contribution is -0.0915. The summed E-state index contributed by atoms with van der Waals surface area (Å²) < 4.78 is 5.09. The van der Waals surface area contributed by atoms with E-state index in [9.17, 15) is 9.90 Å². The molecule has 4 heteroatoms. The van der Waals surface area contributed by atoms with E-state index in [2.05, 4.69) is 13.5 Å². The number of hydrogen-bond acceptors (Lipinski definition) is 3. The van der Waals surface area contributed by atoms with E-state index in [-0.39, 0.29) is 0 Å². The van der Waals surface area contributed by atoms with E-state index in [4.69, 9.17) is 4.74 Å². The Bertz CT molecular complexity index is 280. The summed E-state index contributed by atoms with van der Waals surface area (Å²) in [4.78, 5) is 13.1. The number of amides is 1. The zero-order valence-corrected chi connectivity index (χ0v) is 10.8. The smallest absolute Gasteiger partial charge is 0.412 e. The summed E-state index contributed by atoms with van der Waals surface area (Å²) in [7, 11) is 0. The number of aliphatic hydroxyl groups is 1. The van der Waals surface area contributed by atoms with Crippen LogP contribution in [0.25, 0.3) is 0 Å². The minimum atomic E-state index is -1.22. The average Bonchev–Trinajstić information content (AvgIpc) is 2.47. The molecule has 0 aliphatic carbocycles. The number of carbonyl (C=O) groups is 1. The van der Waals surface area contributed by atoms with Crippen molar-refractivity contribution in [2.45, 2.75) is 57.8 Å². The third kappa shape index (κ3) is 3.00. The summed E-state index contributed by atoms with van der Waals surface area (Å²) in [5.41, 5.74) is -1.22. The van der Waals surface area contributed by atoms with Gasteiger partial charge < -0.3 is 9.84 Å². The third-order valence-electron chi connectivity index (χ3n) is 3.30. The molecule has 0 unspecified atom stereocenters. The van der Waals surface area contributed by atoms with E-state index >= 15 is 0 Å². The van der Waals surface area contributed by atoms with Gasteiger partial charge in [-0.25, -0.2) is 4.79 Å². The van der Waals surface area contributed by atoms with Gasteiger partial charge in [0.25, 0.3) is 0 Å². The van der Waals surface area contributed by atoms with Gasteiger partial charge in [0, 0.05) is 13.0 Å². The molecule has 0 aromatic carbocycles. The molecule has 0 spiro atoms. The molecule has 1 aliphatic rings. The Balaban J connectivity index is 2.59. The number of unbranched alkanes of at least 4 members (excludes halogenated alkanes) is 3. The Kier molecular flexibility index (Phi) is 5.00. The van der Waals surface area contributed by atoms with Gasteiger partial charge in [-0.15, -0.1) is 6.58 Å². The number of hydrogen-bond donors (Lipinski definition) is 1. The fourth-order valence-electron chi connectivity index (χ4n) is 2.16. The first-order valence-electron chi connectivity index (χ1n) is 6.37. The van der Waals surface area contributed by atoms with Crippen LogP contribution in [0, 0.1) is 0 Å². The van der Waals surface area contributed by atoms with Crippen LogP contribution in [0.3, 0.4) is 0 Å². The second-order valence-corrected chi connectivity index (χ2v) is 4.61. The van der Waals surface area contributed by atoms with Crippen molar-refractivity contribution in [1.82, 2.24) is 4.90 Å². The first-order chi connectivity index (χ1) is 8.06. The van der Waals surface area contributed by atoms with Crippen LogP contribution in [0.4, 0.5) is 4.79 Å². The first-order valence-corrected chi connectivity index (χ1v) is 6.37. The maximum Gasteiger partial charge on any atom is 0.412 e. The number of ether oxygens (including phenoxy) is 1. The molecule has 98 valence electrons. The summed E-state index contributed by atoms with van der Waals surface area (Å²) in [5, 5.41) is 10.5. The van der Waals surface area contributed by atoms with Crippen molar-refractivity contribution in [1.29, 1.82) is 0 Å². The summed E-state index contributed by atoms with van der Waals surface area (Å²) >= 11 is 0. The van der Waals surface area contributed by atoms with Gasteiger partial charge in [0.05, 0.1) is 0 Å². The van der Waals surface area contributed by atoms with E-state index in [1.54, 1.807) is 13.0 Å². The van der Waals surface area contributed by atoms with Crippen LogP contribution < -0.4 is 0 Å². The molecule has 4 nitrogen and oxygen atoms in total. The summed E-state index contributed by atoms with van der Waals surface area (Å²) in [5.74, 6) is 0. The first kappa shape index (κ1) is 14.0. The highest BCUT2D eigenvalue weighted by molar-refractivity contribution is 5.71. The Labute approximate surface area is 103 Å². The van der Waals surface area contributed by atoms with E-state index < -0.39 is 17.9 Å². The molecule has 1 fully saturated rings. The van der Waals surface area contributed by atoms with Crippen LogP contribution in [-0.4, -0.2) is 34.5 Å². The highest BCUT2D eigenvalue weighted by Gasteiger charge is 2.50. The molecule has 0 saturated carbocycles. The van der Waals surface area contributed by atoms with Crippen molar-refractivity contribution in [3.8, 4) is 0 Å². The van der Waals surface area contributed by atoms with E-state index in [0.29, 0.717) is 13.0 Å². The highest BCUT2D eigenvalue weighted by Crippen LogP contribution is 2.31. The minimum Gasteiger partial charge on any atom is -0.441 e. The van der Waals surface area contributed by atoms with Crippen molar-refractivity contribution in [2.75, 3.05) is 6.54 Å². The lowest BCUT2D eigenvalue weighted by Gasteiger charge is -2.32. The predicted molar refractivity (Wildman–Crippen MR) is 66.6 cm³/mol. The fraction of sp³-hybridized carbons (Fsp3) is 0.769. The van der Waals surface area contributed by atoms with E-state index in [1.165, 1.54) is 4.90 Å². The standard InChI is InChI=1S/C13H23NO3/c1-4-6-7-8-10-14-12(15)17-11(3)13(14,16)9-5-2/h5,11,16H,2,4,6-10H2,1,3H3/t11-,13+/m0/s1. The number of cyclic esters (lactones) is 1. The molecule has 0 radical (unpaired) electrons. The SMILES string of the molecule is C=CC[C@@]1(O)[C@H](C)OC(=O)N1CCCCCC. The molecular weight excluding hydrogens is 218 g/mol. The maximum atomic E-state index is 11.6.